The van der Waals surface area contributed by atoms with Crippen LogP contribution in [-0.4, -0.2) is 14.9 Å². The highest BCUT2D eigenvalue weighted by Gasteiger charge is 2.12. The highest BCUT2D eigenvalue weighted by molar-refractivity contribution is 6.29. The Bertz CT molecular complexity index is 2320. The van der Waals surface area contributed by atoms with E-state index in [-0.39, 0.29) is 61.7 Å². The minimum absolute atomic E-state index is 0.0568. The molecule has 0 N–H and O–H groups in total. The van der Waals surface area contributed by atoms with Crippen LogP contribution in [0.3, 0.4) is 0 Å². The van der Waals surface area contributed by atoms with Crippen molar-refractivity contribution in [2.24, 2.45) is 0 Å². The van der Waals surface area contributed by atoms with Crippen molar-refractivity contribution in [3.05, 3.63) is 149 Å². The molecule has 0 bridgehead atoms. The van der Waals surface area contributed by atoms with Crippen molar-refractivity contribution in [2.45, 2.75) is 13.8 Å². The zero-order chi connectivity index (χ0) is 34.7. The Labute approximate surface area is 257 Å². The summed E-state index contributed by atoms with van der Waals surface area (Å²) in [7, 11) is 0. The van der Waals surface area contributed by atoms with Gasteiger partial charge < -0.3 is 0 Å². The fourth-order valence-corrected chi connectivity index (χ4v) is 4.64. The molecule has 6 aromatic carbocycles. The number of aromatic nitrogens is 2. The first kappa shape index (κ1) is 21.6. The van der Waals surface area contributed by atoms with Crippen LogP contribution < -0.4 is 0 Å². The van der Waals surface area contributed by atoms with Gasteiger partial charge in [0, 0.05) is 22.4 Å². The molecule has 1 heterocycles. The summed E-state index contributed by atoms with van der Waals surface area (Å²) in [6.07, 6.45) is 0. The molecule has 1 aromatic heterocycles. The van der Waals surface area contributed by atoms with Crippen molar-refractivity contribution in [1.82, 2.24) is 9.97 Å². The average molecular weight is 576 g/mol. The molecule has 0 aliphatic rings. The zero-order valence-corrected chi connectivity index (χ0v) is 23.5. The first-order chi connectivity index (χ1) is 23.1. The lowest BCUT2D eigenvalue weighted by Gasteiger charge is -2.10. The second-order valence-electron chi connectivity index (χ2n) is 8.76. The largest absolute Gasteiger partial charge is 0.277 e. The summed E-state index contributed by atoms with van der Waals surface area (Å²) >= 11 is 6.23. The Morgan fingerprint density at radius 1 is 0.643 bits per heavy atom. The molecule has 42 heavy (non-hydrogen) atoms. The molecule has 0 spiro atoms. The van der Waals surface area contributed by atoms with Gasteiger partial charge in [-0.3, -0.25) is 10.1 Å². The molecule has 5 nitrogen and oxygen atoms in total. The van der Waals surface area contributed by atoms with Crippen LogP contribution in [0.1, 0.15) is 22.1 Å². The molecule has 0 saturated carbocycles. The first-order valence-electron chi connectivity index (χ1n) is 16.2. The third-order valence-corrected chi connectivity index (χ3v) is 6.52. The number of rotatable bonds is 3. The minimum Gasteiger partial charge on any atom is -0.258 e. The van der Waals surface area contributed by atoms with Gasteiger partial charge >= 0.3 is 0 Å². The van der Waals surface area contributed by atoms with Gasteiger partial charge in [-0.15, -0.1) is 0 Å². The molecule has 6 heteroatoms. The van der Waals surface area contributed by atoms with Crippen molar-refractivity contribution in [1.29, 1.82) is 0 Å². The SMILES string of the molecule is CC.O=[N+]([O-])c1cccc2ccccc12.[2H]c1c([2H])c([2H])c2c(c1[2H])c([2H])c([2H])c1c(-c3ccc(-c4ccccc4)cc3)nc(Cl)nc12. The van der Waals surface area contributed by atoms with Gasteiger partial charge in [0.15, 0.2) is 0 Å². The van der Waals surface area contributed by atoms with Gasteiger partial charge in [-0.2, -0.15) is 0 Å². The number of nitro groups is 1. The van der Waals surface area contributed by atoms with Gasteiger partial charge in [0.05, 0.1) is 29.7 Å². The third kappa shape index (κ3) is 5.97. The van der Waals surface area contributed by atoms with Gasteiger partial charge in [-0.25, -0.2) is 9.97 Å². The number of nitro benzene ring substituents is 1. The Morgan fingerprint density at radius 3 is 2.05 bits per heavy atom. The van der Waals surface area contributed by atoms with Crippen LogP contribution in [-0.2, 0) is 0 Å². The minimum atomic E-state index is -0.461. The van der Waals surface area contributed by atoms with Crippen LogP contribution in [0.5, 0.6) is 0 Å². The summed E-state index contributed by atoms with van der Waals surface area (Å²) in [5.74, 6) is 0. The number of non-ortho nitro benzene ring substituents is 1. The van der Waals surface area contributed by atoms with Gasteiger partial charge in [-0.1, -0.05) is 129 Å². The number of halogens is 1. The number of nitrogens with zero attached hydrogens (tertiary/aromatic N) is 3. The molecule has 0 radical (unpaired) electrons. The van der Waals surface area contributed by atoms with Crippen molar-refractivity contribution < 1.29 is 13.1 Å². The maximum Gasteiger partial charge on any atom is 0.277 e. The first-order valence-corrected chi connectivity index (χ1v) is 13.6. The van der Waals surface area contributed by atoms with Crippen molar-refractivity contribution in [3.63, 3.8) is 0 Å². The monoisotopic (exact) mass is 575 g/mol. The van der Waals surface area contributed by atoms with Crippen LogP contribution in [0, 0.1) is 10.1 Å². The molecule has 0 aliphatic heterocycles. The van der Waals surface area contributed by atoms with E-state index in [1.807, 2.05) is 86.6 Å². The molecule has 7 rings (SSSR count). The van der Waals surface area contributed by atoms with E-state index in [9.17, 15) is 10.1 Å². The van der Waals surface area contributed by atoms with E-state index >= 15 is 0 Å². The normalized spacial score (nSPS) is 12.5. The standard InChI is InChI=1S/C24H15ClN2.C10H7NO2.C2H6/c25-24-26-22(19-12-10-17(11-13-19)16-6-2-1-3-7-16)21-15-14-18-8-4-5-9-20(18)23(21)27-24;12-11(13)10-7-3-5-8-4-1-2-6-9(8)10;1-2/h1-15H;1-7H;1-2H3/i4D,5D,8D,9D,14D,15D;;. The summed E-state index contributed by atoms with van der Waals surface area (Å²) in [5, 5.41) is 12.3. The Kier molecular flexibility index (Phi) is 6.70. The number of benzene rings is 6. The number of hydrogen-bond donors (Lipinski definition) is 0. The van der Waals surface area contributed by atoms with Crippen molar-refractivity contribution >= 4 is 49.7 Å². The predicted molar refractivity (Wildman–Crippen MR) is 175 cm³/mol. The van der Waals surface area contributed by atoms with Crippen LogP contribution in [0.15, 0.2) is 133 Å². The van der Waals surface area contributed by atoms with Crippen LogP contribution in [0.25, 0.3) is 54.8 Å². The molecular formula is C36H28ClN3O2. The Hall–Kier alpha value is -5.13. The third-order valence-electron chi connectivity index (χ3n) is 6.35. The van der Waals surface area contributed by atoms with E-state index in [0.29, 0.717) is 16.6 Å². The summed E-state index contributed by atoms with van der Waals surface area (Å²) in [4.78, 5) is 18.8. The topological polar surface area (TPSA) is 68.9 Å². The molecule has 7 aromatic rings. The maximum atomic E-state index is 10.6. The van der Waals surface area contributed by atoms with Crippen LogP contribution >= 0.6 is 11.6 Å². The number of hydrogen-bond acceptors (Lipinski definition) is 4. The van der Waals surface area contributed by atoms with E-state index in [2.05, 4.69) is 9.97 Å². The second kappa shape index (κ2) is 13.0. The summed E-state index contributed by atoms with van der Waals surface area (Å²) in [6, 6.07) is 27.6. The molecule has 0 amide bonds. The Morgan fingerprint density at radius 2 is 1.29 bits per heavy atom. The van der Waals surface area contributed by atoms with E-state index in [4.69, 9.17) is 19.8 Å². The van der Waals surface area contributed by atoms with Gasteiger partial charge in [0.25, 0.3) is 5.69 Å². The van der Waals surface area contributed by atoms with E-state index in [1.54, 1.807) is 18.2 Å². The average Bonchev–Trinajstić information content (AvgIpc) is 3.12. The lowest BCUT2D eigenvalue weighted by molar-refractivity contribution is -0.383. The number of fused-ring (bicyclic) bond motifs is 4. The summed E-state index contributed by atoms with van der Waals surface area (Å²) < 4.78 is 49.8. The predicted octanol–water partition coefficient (Wildman–Crippen LogP) is 10.5. The second-order valence-corrected chi connectivity index (χ2v) is 9.10. The lowest BCUT2D eigenvalue weighted by Crippen LogP contribution is -1.92. The van der Waals surface area contributed by atoms with Crippen LogP contribution in [0.4, 0.5) is 5.69 Å². The molecule has 0 unspecified atom stereocenters. The molecule has 0 atom stereocenters. The highest BCUT2D eigenvalue weighted by Crippen LogP contribution is 2.33. The fourth-order valence-electron chi connectivity index (χ4n) is 4.47. The van der Waals surface area contributed by atoms with E-state index in [0.717, 1.165) is 16.5 Å². The van der Waals surface area contributed by atoms with Gasteiger partial charge in [0.2, 0.25) is 5.28 Å². The Balaban J connectivity index is 0.000000250. The molecular weight excluding hydrogens is 542 g/mol. The molecule has 0 saturated heterocycles. The van der Waals surface area contributed by atoms with Crippen molar-refractivity contribution in [3.8, 4) is 22.4 Å². The van der Waals surface area contributed by atoms with Crippen LogP contribution in [0.2, 0.25) is 5.28 Å². The smallest absolute Gasteiger partial charge is 0.258 e. The lowest BCUT2D eigenvalue weighted by atomic mass is 9.99. The van der Waals surface area contributed by atoms with E-state index in [1.165, 1.54) is 6.07 Å². The molecule has 206 valence electrons. The van der Waals surface area contributed by atoms with E-state index < -0.39 is 12.1 Å². The van der Waals surface area contributed by atoms with Gasteiger partial charge in [0.1, 0.15) is 0 Å². The van der Waals surface area contributed by atoms with Gasteiger partial charge in [-0.05, 0) is 45.6 Å². The molecule has 0 aliphatic carbocycles. The van der Waals surface area contributed by atoms with Crippen molar-refractivity contribution in [2.75, 3.05) is 0 Å². The summed E-state index contributed by atoms with van der Waals surface area (Å²) in [6.45, 7) is 4.00. The quantitative estimate of drug-likeness (QED) is 0.0909. The summed E-state index contributed by atoms with van der Waals surface area (Å²) in [5.41, 5.74) is 3.31. The maximum absolute atomic E-state index is 10.6. The zero-order valence-electron chi connectivity index (χ0n) is 28.8. The molecule has 0 fully saturated rings. The highest BCUT2D eigenvalue weighted by atomic mass is 35.5. The fraction of sp³-hybridized carbons (Fsp3) is 0.0556.